The summed E-state index contributed by atoms with van der Waals surface area (Å²) < 4.78 is 14.8. The van der Waals surface area contributed by atoms with Crippen LogP contribution >= 0.6 is 0 Å². The highest BCUT2D eigenvalue weighted by molar-refractivity contribution is 5.73. The molecular weight excluding hydrogens is 309 g/mol. The van der Waals surface area contributed by atoms with Crippen molar-refractivity contribution in [2.24, 2.45) is 0 Å². The van der Waals surface area contributed by atoms with Crippen LogP contribution in [-0.4, -0.2) is 38.3 Å². The Bertz CT molecular complexity index is 684. The Morgan fingerprint density at radius 3 is 2.71 bits per heavy atom. The van der Waals surface area contributed by atoms with Crippen LogP contribution in [0.5, 0.6) is 0 Å². The molecule has 1 atom stereocenters. The molecular formula is C18H22FN3O2. The first-order valence-electron chi connectivity index (χ1n) is 8.34. The molecule has 1 fully saturated rings. The monoisotopic (exact) mass is 331 g/mol. The van der Waals surface area contributed by atoms with Gasteiger partial charge >= 0.3 is 5.97 Å². The van der Waals surface area contributed by atoms with E-state index in [0.29, 0.717) is 19.5 Å². The predicted molar refractivity (Wildman–Crippen MR) is 88.0 cm³/mol. The van der Waals surface area contributed by atoms with Gasteiger partial charge in [0, 0.05) is 18.3 Å². The number of hydrogen-bond acceptors (Lipinski definition) is 3. The van der Waals surface area contributed by atoms with Crippen LogP contribution in [0.15, 0.2) is 36.7 Å². The summed E-state index contributed by atoms with van der Waals surface area (Å²) in [4.78, 5) is 13.5. The van der Waals surface area contributed by atoms with E-state index in [-0.39, 0.29) is 5.82 Å². The molecule has 24 heavy (non-hydrogen) atoms. The van der Waals surface area contributed by atoms with Crippen LogP contribution < -0.4 is 0 Å². The van der Waals surface area contributed by atoms with E-state index in [1.54, 1.807) is 23.0 Å². The Balaban J connectivity index is 1.66. The molecule has 1 saturated heterocycles. The van der Waals surface area contributed by atoms with E-state index in [0.717, 1.165) is 36.9 Å². The Labute approximate surface area is 140 Å². The van der Waals surface area contributed by atoms with Crippen LogP contribution in [0.4, 0.5) is 4.39 Å². The fourth-order valence-corrected chi connectivity index (χ4v) is 3.22. The lowest BCUT2D eigenvalue weighted by Gasteiger charge is -2.25. The van der Waals surface area contributed by atoms with Gasteiger partial charge in [-0.25, -0.2) is 4.39 Å². The second kappa shape index (κ2) is 7.57. The van der Waals surface area contributed by atoms with Crippen molar-refractivity contribution < 1.29 is 14.3 Å². The van der Waals surface area contributed by atoms with E-state index < -0.39 is 12.0 Å². The summed E-state index contributed by atoms with van der Waals surface area (Å²) in [7, 11) is 0. The minimum absolute atomic E-state index is 0.249. The van der Waals surface area contributed by atoms with Crippen LogP contribution in [0.25, 0.3) is 0 Å². The van der Waals surface area contributed by atoms with Crippen molar-refractivity contribution in [1.82, 2.24) is 14.7 Å². The second-order valence-corrected chi connectivity index (χ2v) is 6.35. The zero-order valence-electron chi connectivity index (χ0n) is 13.6. The van der Waals surface area contributed by atoms with Crippen LogP contribution in [-0.2, 0) is 17.9 Å². The van der Waals surface area contributed by atoms with Gasteiger partial charge in [-0.15, -0.1) is 0 Å². The Morgan fingerprint density at radius 1 is 1.17 bits per heavy atom. The summed E-state index contributed by atoms with van der Waals surface area (Å²) >= 11 is 0. The number of carboxylic acids is 1. The van der Waals surface area contributed by atoms with Gasteiger partial charge in [-0.05, 0) is 37.1 Å². The van der Waals surface area contributed by atoms with Crippen LogP contribution in [0, 0.1) is 5.82 Å². The number of carbonyl (C=O) groups is 1. The summed E-state index contributed by atoms with van der Waals surface area (Å²) in [5.74, 6) is -0.989. The van der Waals surface area contributed by atoms with Crippen molar-refractivity contribution >= 4 is 5.97 Å². The highest BCUT2D eigenvalue weighted by atomic mass is 19.1. The third-order valence-electron chi connectivity index (χ3n) is 4.48. The lowest BCUT2D eigenvalue weighted by molar-refractivity contribution is -0.143. The molecule has 1 unspecified atom stereocenters. The minimum Gasteiger partial charge on any atom is -0.480 e. The molecule has 1 N–H and O–H groups in total. The molecule has 128 valence electrons. The molecule has 5 nitrogen and oxygen atoms in total. The van der Waals surface area contributed by atoms with Crippen LogP contribution in [0.3, 0.4) is 0 Å². The minimum atomic E-state index is -0.740. The fourth-order valence-electron chi connectivity index (χ4n) is 3.22. The van der Waals surface area contributed by atoms with Gasteiger partial charge in [-0.1, -0.05) is 25.0 Å². The normalized spacial score (nSPS) is 19.1. The van der Waals surface area contributed by atoms with Crippen molar-refractivity contribution in [1.29, 1.82) is 0 Å². The van der Waals surface area contributed by atoms with Crippen LogP contribution in [0.1, 0.15) is 36.8 Å². The number of benzene rings is 1. The third-order valence-corrected chi connectivity index (χ3v) is 4.48. The van der Waals surface area contributed by atoms with E-state index in [9.17, 15) is 14.3 Å². The van der Waals surface area contributed by atoms with Gasteiger partial charge in [0.25, 0.3) is 0 Å². The number of hydrogen-bond donors (Lipinski definition) is 1. The maximum absolute atomic E-state index is 12.9. The first-order chi connectivity index (χ1) is 11.6. The number of nitrogens with zero attached hydrogens (tertiary/aromatic N) is 3. The van der Waals surface area contributed by atoms with Gasteiger partial charge < -0.3 is 5.11 Å². The molecule has 0 spiro atoms. The Morgan fingerprint density at radius 2 is 1.96 bits per heavy atom. The number of aromatic nitrogens is 2. The lowest BCUT2D eigenvalue weighted by atomic mass is 10.1. The van der Waals surface area contributed by atoms with Gasteiger partial charge in [0.1, 0.15) is 11.9 Å². The van der Waals surface area contributed by atoms with E-state index in [4.69, 9.17) is 0 Å². The Hall–Kier alpha value is -2.21. The molecule has 2 aromatic rings. The van der Waals surface area contributed by atoms with Crippen molar-refractivity contribution in [3.8, 4) is 0 Å². The summed E-state index contributed by atoms with van der Waals surface area (Å²) in [6.07, 6.45) is 7.52. The molecule has 0 amide bonds. The number of likely N-dealkylation sites (tertiary alicyclic amines) is 1. The van der Waals surface area contributed by atoms with Crippen molar-refractivity contribution in [3.05, 3.63) is 53.6 Å². The van der Waals surface area contributed by atoms with Gasteiger partial charge in [-0.3, -0.25) is 14.4 Å². The summed E-state index contributed by atoms with van der Waals surface area (Å²) in [6, 6.07) is 5.95. The van der Waals surface area contributed by atoms with E-state index in [1.165, 1.54) is 12.1 Å². The maximum atomic E-state index is 12.9. The SMILES string of the molecule is O=C(O)C1CCCCCN1Cc1cnn(Cc2ccc(F)cc2)c1. The Kier molecular flexibility index (Phi) is 5.25. The highest BCUT2D eigenvalue weighted by Gasteiger charge is 2.27. The number of aliphatic carboxylic acids is 1. The number of carboxylic acid groups (broad SMARTS) is 1. The zero-order chi connectivity index (χ0) is 16.9. The van der Waals surface area contributed by atoms with E-state index in [1.807, 2.05) is 11.1 Å². The topological polar surface area (TPSA) is 58.4 Å². The first kappa shape index (κ1) is 16.6. The van der Waals surface area contributed by atoms with Crippen molar-refractivity contribution in [2.75, 3.05) is 6.54 Å². The molecule has 0 radical (unpaired) electrons. The molecule has 1 aliphatic heterocycles. The average molecular weight is 331 g/mol. The molecule has 0 aliphatic carbocycles. The molecule has 1 aliphatic rings. The summed E-state index contributed by atoms with van der Waals surface area (Å²) in [5.41, 5.74) is 1.98. The largest absolute Gasteiger partial charge is 0.480 e. The van der Waals surface area contributed by atoms with E-state index >= 15 is 0 Å². The molecule has 0 saturated carbocycles. The molecule has 3 rings (SSSR count). The molecule has 0 bridgehead atoms. The summed E-state index contributed by atoms with van der Waals surface area (Å²) in [5, 5.41) is 13.8. The quantitative estimate of drug-likeness (QED) is 0.915. The second-order valence-electron chi connectivity index (χ2n) is 6.35. The molecule has 1 aromatic carbocycles. The average Bonchev–Trinajstić information content (AvgIpc) is 2.85. The van der Waals surface area contributed by atoms with Crippen molar-refractivity contribution in [2.45, 2.75) is 44.8 Å². The highest BCUT2D eigenvalue weighted by Crippen LogP contribution is 2.19. The first-order valence-corrected chi connectivity index (χ1v) is 8.34. The van der Waals surface area contributed by atoms with Crippen LogP contribution in [0.2, 0.25) is 0 Å². The zero-order valence-corrected chi connectivity index (χ0v) is 13.6. The molecule has 2 heterocycles. The molecule has 6 heteroatoms. The smallest absolute Gasteiger partial charge is 0.320 e. The van der Waals surface area contributed by atoms with E-state index in [2.05, 4.69) is 5.10 Å². The standard InChI is InChI=1S/C18H22FN3O2/c19-16-7-5-14(6-8-16)12-22-13-15(10-20-22)11-21-9-3-1-2-4-17(21)18(23)24/h5-8,10,13,17H,1-4,9,11-12H2,(H,23,24). The predicted octanol–water partition coefficient (Wildman–Crippen LogP) is 2.90. The van der Waals surface area contributed by atoms with Gasteiger partial charge in [0.05, 0.1) is 12.7 Å². The van der Waals surface area contributed by atoms with Gasteiger partial charge in [0.15, 0.2) is 0 Å². The summed E-state index contributed by atoms with van der Waals surface area (Å²) in [6.45, 7) is 1.98. The molecule has 1 aromatic heterocycles. The number of rotatable bonds is 5. The fraction of sp³-hybridized carbons (Fsp3) is 0.444. The lowest BCUT2D eigenvalue weighted by Crippen LogP contribution is -2.40. The van der Waals surface area contributed by atoms with Gasteiger partial charge in [-0.2, -0.15) is 5.10 Å². The maximum Gasteiger partial charge on any atom is 0.320 e. The van der Waals surface area contributed by atoms with Crippen molar-refractivity contribution in [3.63, 3.8) is 0 Å². The third kappa shape index (κ3) is 4.20. The van der Waals surface area contributed by atoms with Gasteiger partial charge in [0.2, 0.25) is 0 Å². The number of halogens is 1.